The Labute approximate surface area is 93.4 Å². The lowest BCUT2D eigenvalue weighted by atomic mass is 9.83. The molecule has 0 spiro atoms. The molecule has 1 nitrogen and oxygen atoms in total. The van der Waals surface area contributed by atoms with Crippen molar-refractivity contribution >= 4 is 11.8 Å². The van der Waals surface area contributed by atoms with Crippen LogP contribution in [0, 0.1) is 5.41 Å². The molecular formula is C12H25NS. The van der Waals surface area contributed by atoms with Crippen LogP contribution in [0.4, 0.5) is 0 Å². The van der Waals surface area contributed by atoms with Gasteiger partial charge >= 0.3 is 0 Å². The highest BCUT2D eigenvalue weighted by Gasteiger charge is 2.32. The molecule has 1 fully saturated rings. The summed E-state index contributed by atoms with van der Waals surface area (Å²) >= 11 is 2.00. The highest BCUT2D eigenvalue weighted by atomic mass is 32.2. The fraction of sp³-hybridized carbons (Fsp3) is 1.00. The van der Waals surface area contributed by atoms with Crippen molar-refractivity contribution in [2.24, 2.45) is 5.41 Å². The van der Waals surface area contributed by atoms with E-state index < -0.39 is 0 Å². The summed E-state index contributed by atoms with van der Waals surface area (Å²) < 4.78 is 0. The second-order valence-corrected chi connectivity index (χ2v) is 5.61. The van der Waals surface area contributed by atoms with Crippen molar-refractivity contribution in [2.75, 3.05) is 25.1 Å². The van der Waals surface area contributed by atoms with Gasteiger partial charge in [0.25, 0.3) is 0 Å². The molecule has 0 aromatic carbocycles. The first kappa shape index (κ1) is 12.4. The minimum absolute atomic E-state index is 0.665. The molecule has 0 radical (unpaired) electrons. The van der Waals surface area contributed by atoms with Crippen molar-refractivity contribution < 1.29 is 0 Å². The quantitative estimate of drug-likeness (QED) is 0.654. The smallest absolute Gasteiger partial charge is 0.000810 e. The Balaban J connectivity index is 2.28. The SMILES string of the molecule is CCCNCC1(CCSC)CCCC1. The van der Waals surface area contributed by atoms with Crippen molar-refractivity contribution in [2.45, 2.75) is 45.4 Å². The zero-order valence-corrected chi connectivity index (χ0v) is 10.6. The van der Waals surface area contributed by atoms with Crippen LogP contribution in [-0.2, 0) is 0 Å². The molecule has 0 aliphatic heterocycles. The molecule has 0 bridgehead atoms. The van der Waals surface area contributed by atoms with E-state index in [1.165, 1.54) is 57.4 Å². The average molecular weight is 215 g/mol. The van der Waals surface area contributed by atoms with Gasteiger partial charge in [-0.15, -0.1) is 0 Å². The maximum atomic E-state index is 3.62. The zero-order chi connectivity index (χ0) is 10.3. The summed E-state index contributed by atoms with van der Waals surface area (Å²) in [5.74, 6) is 1.34. The van der Waals surface area contributed by atoms with Gasteiger partial charge in [-0.1, -0.05) is 19.8 Å². The first-order chi connectivity index (χ1) is 6.83. The van der Waals surface area contributed by atoms with Crippen molar-refractivity contribution in [1.29, 1.82) is 0 Å². The molecule has 1 saturated carbocycles. The summed E-state index contributed by atoms with van der Waals surface area (Å²) in [5.41, 5.74) is 0.665. The molecule has 0 amide bonds. The maximum Gasteiger partial charge on any atom is 0.000810 e. The van der Waals surface area contributed by atoms with E-state index in [1.807, 2.05) is 11.8 Å². The molecule has 1 aliphatic rings. The summed E-state index contributed by atoms with van der Waals surface area (Å²) in [7, 11) is 0. The molecule has 0 saturated heterocycles. The Morgan fingerprint density at radius 1 is 1.29 bits per heavy atom. The van der Waals surface area contributed by atoms with Crippen LogP contribution in [0.15, 0.2) is 0 Å². The van der Waals surface area contributed by atoms with Gasteiger partial charge in [-0.25, -0.2) is 0 Å². The highest BCUT2D eigenvalue weighted by molar-refractivity contribution is 7.98. The standard InChI is InChI=1S/C12H25NS/c1-3-9-13-11-12(8-10-14-2)6-4-5-7-12/h13H,3-11H2,1-2H3. The van der Waals surface area contributed by atoms with Gasteiger partial charge in [-0.2, -0.15) is 11.8 Å². The van der Waals surface area contributed by atoms with E-state index in [-0.39, 0.29) is 0 Å². The van der Waals surface area contributed by atoms with E-state index in [9.17, 15) is 0 Å². The van der Waals surface area contributed by atoms with E-state index in [0.717, 1.165) is 0 Å². The first-order valence-electron chi connectivity index (χ1n) is 6.03. The van der Waals surface area contributed by atoms with E-state index in [1.54, 1.807) is 0 Å². The van der Waals surface area contributed by atoms with Crippen LogP contribution in [0.2, 0.25) is 0 Å². The van der Waals surface area contributed by atoms with Crippen LogP contribution in [-0.4, -0.2) is 25.1 Å². The Morgan fingerprint density at radius 3 is 2.57 bits per heavy atom. The predicted molar refractivity (Wildman–Crippen MR) is 67.1 cm³/mol. The topological polar surface area (TPSA) is 12.0 Å². The minimum atomic E-state index is 0.665. The predicted octanol–water partition coefficient (Wildman–Crippen LogP) is 3.30. The molecule has 1 aliphatic carbocycles. The third-order valence-corrected chi connectivity index (χ3v) is 4.04. The fourth-order valence-corrected chi connectivity index (χ4v) is 3.13. The second-order valence-electron chi connectivity index (χ2n) is 4.63. The first-order valence-corrected chi connectivity index (χ1v) is 7.42. The van der Waals surface area contributed by atoms with Crippen molar-refractivity contribution in [3.63, 3.8) is 0 Å². The molecule has 1 rings (SSSR count). The normalized spacial score (nSPS) is 20.1. The molecule has 2 heteroatoms. The lowest BCUT2D eigenvalue weighted by molar-refractivity contribution is 0.272. The number of rotatable bonds is 7. The van der Waals surface area contributed by atoms with Crippen LogP contribution in [0.3, 0.4) is 0 Å². The van der Waals surface area contributed by atoms with Crippen LogP contribution < -0.4 is 5.32 Å². The van der Waals surface area contributed by atoms with Crippen LogP contribution in [0.25, 0.3) is 0 Å². The van der Waals surface area contributed by atoms with Gasteiger partial charge in [-0.3, -0.25) is 0 Å². The Kier molecular flexibility index (Phi) is 5.95. The molecule has 14 heavy (non-hydrogen) atoms. The Bertz CT molecular complexity index is 141. The third kappa shape index (κ3) is 3.82. The lowest BCUT2D eigenvalue weighted by Gasteiger charge is -2.29. The number of nitrogens with one attached hydrogen (secondary N) is 1. The van der Waals surface area contributed by atoms with Crippen LogP contribution >= 0.6 is 11.8 Å². The minimum Gasteiger partial charge on any atom is -0.316 e. The Morgan fingerprint density at radius 2 is 2.00 bits per heavy atom. The third-order valence-electron chi connectivity index (χ3n) is 3.43. The van der Waals surface area contributed by atoms with Gasteiger partial charge < -0.3 is 5.32 Å². The van der Waals surface area contributed by atoms with Gasteiger partial charge in [0.1, 0.15) is 0 Å². The van der Waals surface area contributed by atoms with Crippen LogP contribution in [0.5, 0.6) is 0 Å². The molecule has 0 heterocycles. The second kappa shape index (κ2) is 6.73. The van der Waals surface area contributed by atoms with Gasteiger partial charge in [-0.05, 0) is 49.7 Å². The van der Waals surface area contributed by atoms with Gasteiger partial charge in [0.2, 0.25) is 0 Å². The summed E-state index contributed by atoms with van der Waals surface area (Å²) in [6.45, 7) is 4.71. The van der Waals surface area contributed by atoms with E-state index in [2.05, 4.69) is 18.5 Å². The monoisotopic (exact) mass is 215 g/mol. The number of hydrogen-bond donors (Lipinski definition) is 1. The van der Waals surface area contributed by atoms with E-state index in [4.69, 9.17) is 0 Å². The molecule has 0 aromatic rings. The molecule has 0 atom stereocenters. The van der Waals surface area contributed by atoms with Crippen molar-refractivity contribution in [3.8, 4) is 0 Å². The lowest BCUT2D eigenvalue weighted by Crippen LogP contribution is -2.33. The summed E-state index contributed by atoms with van der Waals surface area (Å²) in [6, 6.07) is 0. The molecule has 84 valence electrons. The number of thioether (sulfide) groups is 1. The molecular weight excluding hydrogens is 190 g/mol. The van der Waals surface area contributed by atoms with E-state index in [0.29, 0.717) is 5.41 Å². The fourth-order valence-electron chi connectivity index (χ4n) is 2.49. The Hall–Kier alpha value is 0.310. The zero-order valence-electron chi connectivity index (χ0n) is 9.77. The molecule has 1 N–H and O–H groups in total. The van der Waals surface area contributed by atoms with Crippen LogP contribution in [0.1, 0.15) is 45.4 Å². The molecule has 0 aromatic heterocycles. The summed E-state index contributed by atoms with van der Waals surface area (Å²) in [5, 5.41) is 3.62. The summed E-state index contributed by atoms with van der Waals surface area (Å²) in [6.07, 6.45) is 10.8. The van der Waals surface area contributed by atoms with Crippen molar-refractivity contribution in [3.05, 3.63) is 0 Å². The molecule has 0 unspecified atom stereocenters. The number of hydrogen-bond acceptors (Lipinski definition) is 2. The maximum absolute atomic E-state index is 3.62. The highest BCUT2D eigenvalue weighted by Crippen LogP contribution is 2.41. The van der Waals surface area contributed by atoms with E-state index >= 15 is 0 Å². The van der Waals surface area contributed by atoms with Gasteiger partial charge in [0.15, 0.2) is 0 Å². The average Bonchev–Trinajstić information content (AvgIpc) is 2.65. The summed E-state index contributed by atoms with van der Waals surface area (Å²) in [4.78, 5) is 0. The largest absolute Gasteiger partial charge is 0.316 e. The van der Waals surface area contributed by atoms with Gasteiger partial charge in [0.05, 0.1) is 0 Å². The van der Waals surface area contributed by atoms with Gasteiger partial charge in [0, 0.05) is 6.54 Å². The van der Waals surface area contributed by atoms with Crippen molar-refractivity contribution in [1.82, 2.24) is 5.32 Å².